The normalized spacial score (nSPS) is 32.2. The van der Waals surface area contributed by atoms with Gasteiger partial charge in [-0.05, 0) is 42.4 Å². The quantitative estimate of drug-likeness (QED) is 0.577. The van der Waals surface area contributed by atoms with E-state index in [0.29, 0.717) is 5.41 Å². The molecule has 1 saturated carbocycles. The van der Waals surface area contributed by atoms with Crippen LogP contribution < -0.4 is 0 Å². The lowest BCUT2D eigenvalue weighted by molar-refractivity contribution is 0.0463. The molecule has 92 valence electrons. The van der Waals surface area contributed by atoms with Crippen LogP contribution in [-0.4, -0.2) is 0 Å². The molecule has 1 heteroatoms. The third-order valence-corrected chi connectivity index (χ3v) is 4.71. The number of hydrogen-bond acceptors (Lipinski definition) is 1. The molecule has 0 aromatic heterocycles. The molecule has 1 aliphatic carbocycles. The van der Waals surface area contributed by atoms with Crippen molar-refractivity contribution in [3.8, 4) is 6.07 Å². The molecule has 0 amide bonds. The van der Waals surface area contributed by atoms with E-state index >= 15 is 0 Å². The predicted octanol–water partition coefficient (Wildman–Crippen LogP) is 4.78. The largest absolute Gasteiger partial charge is 0.198 e. The zero-order valence-corrected chi connectivity index (χ0v) is 11.9. The van der Waals surface area contributed by atoms with Gasteiger partial charge in [-0.2, -0.15) is 5.26 Å². The van der Waals surface area contributed by atoms with E-state index in [1.807, 2.05) is 0 Å². The van der Waals surface area contributed by atoms with Gasteiger partial charge in [0.2, 0.25) is 0 Å². The maximum absolute atomic E-state index is 9.52. The molecule has 0 aromatic carbocycles. The van der Waals surface area contributed by atoms with Gasteiger partial charge in [-0.3, -0.25) is 0 Å². The fourth-order valence-electron chi connectivity index (χ4n) is 3.01. The first-order valence-corrected chi connectivity index (χ1v) is 6.54. The summed E-state index contributed by atoms with van der Waals surface area (Å²) in [5.74, 6) is 0.788. The summed E-state index contributed by atoms with van der Waals surface area (Å²) in [5.41, 5.74) is 0.429. The number of nitrogens with zero attached hydrogens (tertiary/aromatic N) is 1. The molecule has 0 bridgehead atoms. The van der Waals surface area contributed by atoms with Gasteiger partial charge < -0.3 is 0 Å². The molecule has 0 radical (unpaired) electrons. The van der Waals surface area contributed by atoms with Gasteiger partial charge in [0.25, 0.3) is 0 Å². The van der Waals surface area contributed by atoms with Crippen molar-refractivity contribution in [3.05, 3.63) is 0 Å². The average molecular weight is 221 g/mol. The first-order chi connectivity index (χ1) is 7.12. The average Bonchev–Trinajstić information content (AvgIpc) is 2.14. The molecule has 0 aromatic rings. The van der Waals surface area contributed by atoms with Gasteiger partial charge in [-0.25, -0.2) is 0 Å². The van der Waals surface area contributed by atoms with Crippen molar-refractivity contribution in [3.63, 3.8) is 0 Å². The van der Waals surface area contributed by atoms with E-state index in [1.165, 1.54) is 12.8 Å². The molecule has 16 heavy (non-hydrogen) atoms. The van der Waals surface area contributed by atoms with Crippen LogP contribution in [-0.2, 0) is 0 Å². The zero-order valence-electron chi connectivity index (χ0n) is 11.9. The van der Waals surface area contributed by atoms with Crippen molar-refractivity contribution in [2.24, 2.45) is 22.2 Å². The van der Waals surface area contributed by atoms with Gasteiger partial charge in [0.15, 0.2) is 0 Å². The van der Waals surface area contributed by atoms with Gasteiger partial charge in [-0.1, -0.05) is 41.5 Å². The van der Waals surface area contributed by atoms with Crippen LogP contribution in [0.1, 0.15) is 67.2 Å². The minimum absolute atomic E-state index is 0.0885. The second-order valence-corrected chi connectivity index (χ2v) is 7.58. The highest BCUT2D eigenvalue weighted by Gasteiger charge is 2.46. The van der Waals surface area contributed by atoms with E-state index in [4.69, 9.17) is 0 Å². The summed E-state index contributed by atoms with van der Waals surface area (Å²) in [7, 11) is 0. The fourth-order valence-corrected chi connectivity index (χ4v) is 3.01. The lowest BCUT2D eigenvalue weighted by atomic mass is 9.56. The van der Waals surface area contributed by atoms with Gasteiger partial charge in [0.05, 0.1) is 11.5 Å². The maximum Gasteiger partial charge on any atom is 0.0695 e. The number of rotatable bonds is 0. The third-order valence-electron chi connectivity index (χ3n) is 4.71. The van der Waals surface area contributed by atoms with Crippen LogP contribution in [0.5, 0.6) is 0 Å². The summed E-state index contributed by atoms with van der Waals surface area (Å²) >= 11 is 0. The molecule has 0 spiro atoms. The Morgan fingerprint density at radius 2 is 1.44 bits per heavy atom. The van der Waals surface area contributed by atoms with Crippen LogP contribution in [0.3, 0.4) is 0 Å². The Morgan fingerprint density at radius 3 is 1.69 bits per heavy atom. The van der Waals surface area contributed by atoms with Crippen LogP contribution in [0.4, 0.5) is 0 Å². The van der Waals surface area contributed by atoms with E-state index in [2.05, 4.69) is 47.6 Å². The summed E-state index contributed by atoms with van der Waals surface area (Å²) < 4.78 is 0. The van der Waals surface area contributed by atoms with E-state index < -0.39 is 0 Å². The van der Waals surface area contributed by atoms with Crippen molar-refractivity contribution in [1.82, 2.24) is 0 Å². The second-order valence-electron chi connectivity index (χ2n) is 7.58. The third kappa shape index (κ3) is 2.42. The highest BCUT2D eigenvalue weighted by molar-refractivity contribution is 5.08. The summed E-state index contributed by atoms with van der Waals surface area (Å²) in [6.45, 7) is 13.6. The molecule has 1 nitrogen and oxygen atoms in total. The van der Waals surface area contributed by atoms with Crippen molar-refractivity contribution in [2.75, 3.05) is 0 Å². The van der Waals surface area contributed by atoms with Crippen LogP contribution in [0.25, 0.3) is 0 Å². The smallest absolute Gasteiger partial charge is 0.0695 e. The van der Waals surface area contributed by atoms with E-state index in [1.54, 1.807) is 0 Å². The standard InChI is InChI=1S/C15H27N/c1-13(2,3)12-7-9-15(11-16,10-8-12)14(4,5)6/h12H,7-10H2,1-6H3. The Balaban J connectivity index is 2.78. The Bertz CT molecular complexity index is 274. The molecular weight excluding hydrogens is 194 g/mol. The summed E-state index contributed by atoms with van der Waals surface area (Å²) in [6.07, 6.45) is 4.59. The minimum atomic E-state index is -0.0885. The molecule has 0 atom stereocenters. The first kappa shape index (κ1) is 13.6. The predicted molar refractivity (Wildman–Crippen MR) is 68.9 cm³/mol. The van der Waals surface area contributed by atoms with Crippen LogP contribution >= 0.6 is 0 Å². The molecular formula is C15H27N. The first-order valence-electron chi connectivity index (χ1n) is 6.54. The Hall–Kier alpha value is -0.510. The molecule has 1 fully saturated rings. The monoisotopic (exact) mass is 221 g/mol. The molecule has 0 N–H and O–H groups in total. The highest BCUT2D eigenvalue weighted by Crippen LogP contribution is 2.53. The van der Waals surface area contributed by atoms with Crippen molar-refractivity contribution < 1.29 is 0 Å². The Labute approximate surface area is 101 Å². The summed E-state index contributed by atoms with van der Waals surface area (Å²) in [4.78, 5) is 0. The number of hydrogen-bond donors (Lipinski definition) is 0. The maximum atomic E-state index is 9.52. The molecule has 0 aliphatic heterocycles. The summed E-state index contributed by atoms with van der Waals surface area (Å²) in [6, 6.07) is 2.63. The van der Waals surface area contributed by atoms with E-state index in [0.717, 1.165) is 18.8 Å². The van der Waals surface area contributed by atoms with E-state index in [-0.39, 0.29) is 10.8 Å². The van der Waals surface area contributed by atoms with Crippen molar-refractivity contribution in [1.29, 1.82) is 5.26 Å². The lowest BCUT2D eigenvalue weighted by Gasteiger charge is -2.46. The van der Waals surface area contributed by atoms with Crippen LogP contribution in [0, 0.1) is 33.5 Å². The minimum Gasteiger partial charge on any atom is -0.198 e. The summed E-state index contributed by atoms with van der Waals surface area (Å²) in [5, 5.41) is 9.52. The van der Waals surface area contributed by atoms with Gasteiger partial charge in [-0.15, -0.1) is 0 Å². The SMILES string of the molecule is CC(C)(C)C1CCC(C#N)(C(C)(C)C)CC1. The zero-order chi connectivity index (χ0) is 12.6. The molecule has 1 rings (SSSR count). The van der Waals surface area contributed by atoms with Gasteiger partial charge >= 0.3 is 0 Å². The van der Waals surface area contributed by atoms with Gasteiger partial charge in [0, 0.05) is 0 Å². The Kier molecular flexibility index (Phi) is 3.44. The molecule has 0 saturated heterocycles. The van der Waals surface area contributed by atoms with E-state index in [9.17, 15) is 5.26 Å². The van der Waals surface area contributed by atoms with Crippen molar-refractivity contribution in [2.45, 2.75) is 67.2 Å². The fraction of sp³-hybridized carbons (Fsp3) is 0.933. The molecule has 1 aliphatic rings. The second kappa shape index (κ2) is 4.06. The highest BCUT2D eigenvalue weighted by atomic mass is 14.5. The molecule has 0 heterocycles. The topological polar surface area (TPSA) is 23.8 Å². The van der Waals surface area contributed by atoms with Crippen LogP contribution in [0.15, 0.2) is 0 Å². The Morgan fingerprint density at radius 1 is 1.00 bits per heavy atom. The number of nitriles is 1. The lowest BCUT2D eigenvalue weighted by Crippen LogP contribution is -2.40. The molecule has 0 unspecified atom stereocenters. The van der Waals surface area contributed by atoms with Gasteiger partial charge in [0.1, 0.15) is 0 Å². The van der Waals surface area contributed by atoms with Crippen molar-refractivity contribution >= 4 is 0 Å². The van der Waals surface area contributed by atoms with Crippen LogP contribution in [0.2, 0.25) is 0 Å².